The lowest BCUT2D eigenvalue weighted by molar-refractivity contribution is 0.520. The van der Waals surface area contributed by atoms with Crippen LogP contribution in [0.25, 0.3) is 0 Å². The number of hydrogen-bond acceptors (Lipinski definition) is 2. The maximum Gasteiger partial charge on any atom is 0.158 e. The molecule has 0 saturated heterocycles. The second kappa shape index (κ2) is 5.46. The van der Waals surface area contributed by atoms with Crippen molar-refractivity contribution in [3.05, 3.63) is 0 Å². The molecule has 0 aliphatic carbocycles. The van der Waals surface area contributed by atoms with Gasteiger partial charge in [-0.2, -0.15) is 0 Å². The molecule has 0 aromatic carbocycles. The Morgan fingerprint density at radius 3 is 2.00 bits per heavy atom. The minimum atomic E-state index is 0.412. The molecule has 72 valence electrons. The van der Waals surface area contributed by atoms with Crippen molar-refractivity contribution < 1.29 is 0 Å². The fourth-order valence-corrected chi connectivity index (χ4v) is 1.31. The first-order chi connectivity index (χ1) is 5.49. The van der Waals surface area contributed by atoms with Gasteiger partial charge in [0.2, 0.25) is 0 Å². The number of thioether (sulfide) groups is 1. The van der Waals surface area contributed by atoms with Crippen LogP contribution in [0, 0.1) is 5.92 Å². The first-order valence-electron chi connectivity index (χ1n) is 4.28. The standard InChI is InChI=1S/C9H20N2S/c1-7(2)8(3)10-9(12-6)11(4)5/h7-8H,1-6H3/b10-9-/t8-/m1/s1. The maximum atomic E-state index is 4.60. The normalized spacial score (nSPS) is 15.1. The topological polar surface area (TPSA) is 15.6 Å². The molecule has 0 heterocycles. The number of hydrogen-bond donors (Lipinski definition) is 0. The summed E-state index contributed by atoms with van der Waals surface area (Å²) >= 11 is 1.70. The molecule has 0 aliphatic heterocycles. The van der Waals surface area contributed by atoms with Gasteiger partial charge >= 0.3 is 0 Å². The predicted octanol–water partition coefficient (Wildman–Crippen LogP) is 2.31. The zero-order valence-corrected chi connectivity index (χ0v) is 9.77. The first-order valence-corrected chi connectivity index (χ1v) is 5.50. The molecule has 0 N–H and O–H groups in total. The molecule has 3 heteroatoms. The summed E-state index contributed by atoms with van der Waals surface area (Å²) in [5, 5.41) is 1.11. The Morgan fingerprint density at radius 1 is 1.25 bits per heavy atom. The maximum absolute atomic E-state index is 4.60. The Hall–Kier alpha value is -0.180. The number of rotatable bonds is 2. The second-order valence-corrected chi connectivity index (χ2v) is 4.27. The average Bonchev–Trinajstić information content (AvgIpc) is 1.98. The van der Waals surface area contributed by atoms with E-state index in [9.17, 15) is 0 Å². The number of nitrogens with zero attached hydrogens (tertiary/aromatic N) is 2. The molecule has 0 aromatic rings. The van der Waals surface area contributed by atoms with E-state index in [1.807, 2.05) is 14.1 Å². The van der Waals surface area contributed by atoms with Crippen molar-refractivity contribution in [1.29, 1.82) is 0 Å². The van der Waals surface area contributed by atoms with Crippen LogP contribution in [0.3, 0.4) is 0 Å². The monoisotopic (exact) mass is 188 g/mol. The molecular formula is C9H20N2S. The fourth-order valence-electron chi connectivity index (χ4n) is 0.674. The van der Waals surface area contributed by atoms with Gasteiger partial charge in [0.15, 0.2) is 5.17 Å². The molecule has 2 nitrogen and oxygen atoms in total. The third-order valence-electron chi connectivity index (χ3n) is 1.84. The summed E-state index contributed by atoms with van der Waals surface area (Å²) in [5.74, 6) is 0.618. The van der Waals surface area contributed by atoms with Gasteiger partial charge < -0.3 is 4.90 Å². The summed E-state index contributed by atoms with van der Waals surface area (Å²) in [7, 11) is 4.06. The fraction of sp³-hybridized carbons (Fsp3) is 0.889. The van der Waals surface area contributed by atoms with E-state index in [0.29, 0.717) is 12.0 Å². The van der Waals surface area contributed by atoms with Gasteiger partial charge in [0.25, 0.3) is 0 Å². The largest absolute Gasteiger partial charge is 0.358 e. The van der Waals surface area contributed by atoms with Crippen LogP contribution in [-0.2, 0) is 0 Å². The summed E-state index contributed by atoms with van der Waals surface area (Å²) in [4.78, 5) is 6.66. The van der Waals surface area contributed by atoms with Gasteiger partial charge in [-0.15, -0.1) is 0 Å². The molecule has 0 aromatic heterocycles. The highest BCUT2D eigenvalue weighted by atomic mass is 32.2. The van der Waals surface area contributed by atoms with Crippen molar-refractivity contribution in [3.8, 4) is 0 Å². The molecule has 0 bridgehead atoms. The van der Waals surface area contributed by atoms with Gasteiger partial charge in [0, 0.05) is 14.1 Å². The van der Waals surface area contributed by atoms with Gasteiger partial charge in [-0.05, 0) is 19.1 Å². The Morgan fingerprint density at radius 2 is 1.75 bits per heavy atom. The van der Waals surface area contributed by atoms with E-state index in [-0.39, 0.29) is 0 Å². The van der Waals surface area contributed by atoms with E-state index in [1.54, 1.807) is 11.8 Å². The van der Waals surface area contributed by atoms with E-state index in [1.165, 1.54) is 0 Å². The lowest BCUT2D eigenvalue weighted by Crippen LogP contribution is -2.21. The minimum Gasteiger partial charge on any atom is -0.358 e. The molecule has 0 rings (SSSR count). The molecule has 0 radical (unpaired) electrons. The second-order valence-electron chi connectivity index (χ2n) is 3.49. The van der Waals surface area contributed by atoms with Crippen LogP contribution in [0.4, 0.5) is 0 Å². The Labute approximate surface area is 80.4 Å². The Bertz CT molecular complexity index is 153. The molecule has 12 heavy (non-hydrogen) atoms. The highest BCUT2D eigenvalue weighted by molar-refractivity contribution is 8.13. The molecule has 0 fully saturated rings. The molecule has 0 unspecified atom stereocenters. The molecular weight excluding hydrogens is 168 g/mol. The smallest absolute Gasteiger partial charge is 0.158 e. The summed E-state index contributed by atoms with van der Waals surface area (Å²) < 4.78 is 0. The van der Waals surface area contributed by atoms with Crippen LogP contribution in [-0.4, -0.2) is 36.5 Å². The predicted molar refractivity (Wildman–Crippen MR) is 58.9 cm³/mol. The minimum absolute atomic E-state index is 0.412. The third kappa shape index (κ3) is 4.00. The number of amidine groups is 1. The highest BCUT2D eigenvalue weighted by Gasteiger charge is 2.07. The quantitative estimate of drug-likeness (QED) is 0.488. The van der Waals surface area contributed by atoms with Gasteiger partial charge in [0.05, 0.1) is 6.04 Å². The van der Waals surface area contributed by atoms with E-state index < -0.39 is 0 Å². The lowest BCUT2D eigenvalue weighted by Gasteiger charge is -2.17. The van der Waals surface area contributed by atoms with E-state index in [2.05, 4.69) is 36.9 Å². The molecule has 0 saturated carbocycles. The van der Waals surface area contributed by atoms with Crippen LogP contribution < -0.4 is 0 Å². The molecule has 0 amide bonds. The zero-order valence-electron chi connectivity index (χ0n) is 8.96. The van der Waals surface area contributed by atoms with Crippen molar-refractivity contribution in [2.24, 2.45) is 10.9 Å². The van der Waals surface area contributed by atoms with Gasteiger partial charge in [-0.3, -0.25) is 4.99 Å². The SMILES string of the molecule is CS/C(=N\[C@H](C)C(C)C)N(C)C. The van der Waals surface area contributed by atoms with E-state index >= 15 is 0 Å². The third-order valence-corrected chi connectivity index (χ3v) is 2.68. The van der Waals surface area contributed by atoms with Crippen molar-refractivity contribution in [1.82, 2.24) is 4.90 Å². The van der Waals surface area contributed by atoms with Crippen molar-refractivity contribution in [2.45, 2.75) is 26.8 Å². The lowest BCUT2D eigenvalue weighted by atomic mass is 10.1. The van der Waals surface area contributed by atoms with Crippen LogP contribution >= 0.6 is 11.8 Å². The van der Waals surface area contributed by atoms with Crippen LogP contribution in [0.1, 0.15) is 20.8 Å². The first kappa shape index (κ1) is 11.8. The summed E-state index contributed by atoms with van der Waals surface area (Å²) in [6, 6.07) is 0.412. The summed E-state index contributed by atoms with van der Waals surface area (Å²) in [6.07, 6.45) is 2.06. The van der Waals surface area contributed by atoms with Gasteiger partial charge in [-0.25, -0.2) is 0 Å². The van der Waals surface area contributed by atoms with E-state index in [4.69, 9.17) is 0 Å². The van der Waals surface area contributed by atoms with Crippen molar-refractivity contribution in [3.63, 3.8) is 0 Å². The number of aliphatic imine (C=N–C) groups is 1. The molecule has 1 atom stereocenters. The Balaban J connectivity index is 4.27. The van der Waals surface area contributed by atoms with Crippen LogP contribution in [0.2, 0.25) is 0 Å². The van der Waals surface area contributed by atoms with Crippen molar-refractivity contribution in [2.75, 3.05) is 20.4 Å². The van der Waals surface area contributed by atoms with E-state index in [0.717, 1.165) is 5.17 Å². The molecule has 0 spiro atoms. The molecule has 0 aliphatic rings. The summed E-state index contributed by atoms with van der Waals surface area (Å²) in [5.41, 5.74) is 0. The Kier molecular flexibility index (Phi) is 5.38. The van der Waals surface area contributed by atoms with Crippen LogP contribution in [0.5, 0.6) is 0 Å². The van der Waals surface area contributed by atoms with Crippen LogP contribution in [0.15, 0.2) is 4.99 Å². The van der Waals surface area contributed by atoms with Gasteiger partial charge in [0.1, 0.15) is 0 Å². The van der Waals surface area contributed by atoms with Crippen molar-refractivity contribution >= 4 is 16.9 Å². The summed E-state index contributed by atoms with van der Waals surface area (Å²) in [6.45, 7) is 6.55. The van der Waals surface area contributed by atoms with Gasteiger partial charge in [-0.1, -0.05) is 25.6 Å². The highest BCUT2D eigenvalue weighted by Crippen LogP contribution is 2.09. The average molecular weight is 188 g/mol. The zero-order chi connectivity index (χ0) is 9.72.